The second-order valence-electron chi connectivity index (χ2n) is 6.33. The van der Waals surface area contributed by atoms with Crippen molar-refractivity contribution in [2.45, 2.75) is 19.4 Å². The van der Waals surface area contributed by atoms with E-state index in [4.69, 9.17) is 18.9 Å². The number of ether oxygens (including phenoxy) is 4. The number of nitrogens with one attached hydrogen (secondary N) is 2. The van der Waals surface area contributed by atoms with E-state index in [1.54, 1.807) is 21.3 Å². The molecule has 1 aliphatic heterocycles. The third-order valence-electron chi connectivity index (χ3n) is 4.50. The fourth-order valence-electron chi connectivity index (χ4n) is 2.99. The summed E-state index contributed by atoms with van der Waals surface area (Å²) >= 11 is 0. The van der Waals surface area contributed by atoms with Crippen LogP contribution in [-0.4, -0.2) is 40.6 Å². The number of aliphatic imine (C=N–C) groups is 1. The fraction of sp³-hybridized carbons (Fsp3) is 0.381. The summed E-state index contributed by atoms with van der Waals surface area (Å²) < 4.78 is 21.4. The van der Waals surface area contributed by atoms with E-state index >= 15 is 0 Å². The zero-order valence-corrected chi connectivity index (χ0v) is 19.3. The van der Waals surface area contributed by atoms with E-state index in [0.717, 1.165) is 53.9 Å². The Morgan fingerprint density at radius 2 is 1.72 bits per heavy atom. The molecule has 0 aliphatic carbocycles. The molecule has 3 rings (SSSR count). The molecule has 0 bridgehead atoms. The van der Waals surface area contributed by atoms with Gasteiger partial charge in [0.2, 0.25) is 6.79 Å². The topological polar surface area (TPSA) is 73.3 Å². The maximum atomic E-state index is 5.41. The zero-order valence-electron chi connectivity index (χ0n) is 17.0. The maximum Gasteiger partial charge on any atom is 0.231 e. The van der Waals surface area contributed by atoms with Gasteiger partial charge in [-0.3, -0.25) is 4.99 Å². The Bertz CT molecular complexity index is 830. The Balaban J connectivity index is 0.00000300. The highest BCUT2D eigenvalue weighted by atomic mass is 127. The smallest absolute Gasteiger partial charge is 0.231 e. The van der Waals surface area contributed by atoms with Crippen molar-refractivity contribution in [3.05, 3.63) is 47.5 Å². The van der Waals surface area contributed by atoms with Gasteiger partial charge in [-0.1, -0.05) is 12.1 Å². The molecule has 8 heteroatoms. The second-order valence-corrected chi connectivity index (χ2v) is 6.33. The van der Waals surface area contributed by atoms with E-state index in [0.29, 0.717) is 6.54 Å². The molecule has 2 aromatic rings. The first-order chi connectivity index (χ1) is 13.7. The van der Waals surface area contributed by atoms with E-state index < -0.39 is 0 Å². The molecule has 0 unspecified atom stereocenters. The number of hydrogen-bond donors (Lipinski definition) is 2. The molecule has 0 saturated carbocycles. The molecule has 2 aromatic carbocycles. The number of rotatable bonds is 8. The number of guanidine groups is 1. The molecule has 0 atom stereocenters. The molecule has 158 valence electrons. The molecular weight excluding hydrogens is 485 g/mol. The van der Waals surface area contributed by atoms with Crippen LogP contribution in [0, 0.1) is 0 Å². The highest BCUT2D eigenvalue weighted by molar-refractivity contribution is 14.0. The lowest BCUT2D eigenvalue weighted by atomic mass is 10.1. The molecule has 29 heavy (non-hydrogen) atoms. The summed E-state index contributed by atoms with van der Waals surface area (Å²) in [5.74, 6) is 3.86. The third kappa shape index (κ3) is 6.31. The summed E-state index contributed by atoms with van der Waals surface area (Å²) in [6.07, 6.45) is 1.91. The Labute approximate surface area is 188 Å². The lowest BCUT2D eigenvalue weighted by Crippen LogP contribution is -2.37. The highest BCUT2D eigenvalue weighted by Gasteiger charge is 2.13. The SMILES string of the molecule is CN=C(NCCCc1ccc(OC)c(OC)c1)NCc1ccc2c(c1)OCO2.I. The predicted molar refractivity (Wildman–Crippen MR) is 124 cm³/mol. The fourth-order valence-corrected chi connectivity index (χ4v) is 2.99. The van der Waals surface area contributed by atoms with Crippen molar-refractivity contribution in [1.29, 1.82) is 0 Å². The summed E-state index contributed by atoms with van der Waals surface area (Å²) in [5, 5.41) is 6.66. The molecular formula is C21H28IN3O4. The second kappa shape index (κ2) is 11.6. The van der Waals surface area contributed by atoms with Crippen molar-refractivity contribution in [3.8, 4) is 23.0 Å². The standard InChI is InChI=1S/C21H27N3O4.HI/c1-22-21(24-13-16-7-9-18-20(12-16)28-14-27-18)23-10-4-5-15-6-8-17(25-2)19(11-15)26-3;/h6-9,11-12H,4-5,10,13-14H2,1-3H3,(H2,22,23,24);1H. The van der Waals surface area contributed by atoms with E-state index in [1.165, 1.54) is 5.56 Å². The number of fused-ring (bicyclic) bond motifs is 1. The molecule has 2 N–H and O–H groups in total. The quantitative estimate of drug-likeness (QED) is 0.244. The molecule has 0 aromatic heterocycles. The van der Waals surface area contributed by atoms with Gasteiger partial charge in [-0.2, -0.15) is 0 Å². The van der Waals surface area contributed by atoms with Gasteiger partial charge in [-0.15, -0.1) is 24.0 Å². The first-order valence-corrected chi connectivity index (χ1v) is 9.27. The predicted octanol–water partition coefficient (Wildman–Crippen LogP) is 3.35. The minimum atomic E-state index is 0. The lowest BCUT2D eigenvalue weighted by molar-refractivity contribution is 0.174. The lowest BCUT2D eigenvalue weighted by Gasteiger charge is -2.13. The number of benzene rings is 2. The first-order valence-electron chi connectivity index (χ1n) is 9.27. The van der Waals surface area contributed by atoms with E-state index in [2.05, 4.69) is 21.7 Å². The number of halogens is 1. The average molecular weight is 513 g/mol. The van der Waals surface area contributed by atoms with Crippen LogP contribution in [0.5, 0.6) is 23.0 Å². The molecule has 1 heterocycles. The number of nitrogens with zero attached hydrogens (tertiary/aromatic N) is 1. The summed E-state index contributed by atoms with van der Waals surface area (Å²) in [7, 11) is 5.06. The number of hydrogen-bond acceptors (Lipinski definition) is 5. The van der Waals surface area contributed by atoms with Crippen molar-refractivity contribution in [1.82, 2.24) is 10.6 Å². The van der Waals surface area contributed by atoms with Gasteiger partial charge in [0.25, 0.3) is 0 Å². The summed E-state index contributed by atoms with van der Waals surface area (Å²) in [6, 6.07) is 12.0. The highest BCUT2D eigenvalue weighted by Crippen LogP contribution is 2.32. The van der Waals surface area contributed by atoms with Gasteiger partial charge >= 0.3 is 0 Å². The monoisotopic (exact) mass is 513 g/mol. The van der Waals surface area contributed by atoms with Gasteiger partial charge in [0.1, 0.15) is 0 Å². The zero-order chi connectivity index (χ0) is 19.8. The van der Waals surface area contributed by atoms with E-state index in [-0.39, 0.29) is 30.8 Å². The van der Waals surface area contributed by atoms with Gasteiger partial charge in [-0.05, 0) is 48.2 Å². The van der Waals surface area contributed by atoms with Crippen LogP contribution in [0.4, 0.5) is 0 Å². The first kappa shape index (κ1) is 22.9. The van der Waals surface area contributed by atoms with Crippen LogP contribution in [0.1, 0.15) is 17.5 Å². The van der Waals surface area contributed by atoms with Crippen LogP contribution in [0.3, 0.4) is 0 Å². The maximum absolute atomic E-state index is 5.41. The van der Waals surface area contributed by atoms with Crippen molar-refractivity contribution in [2.24, 2.45) is 4.99 Å². The Hall–Kier alpha value is -2.36. The van der Waals surface area contributed by atoms with Crippen molar-refractivity contribution in [3.63, 3.8) is 0 Å². The van der Waals surface area contributed by atoms with Crippen LogP contribution in [-0.2, 0) is 13.0 Å². The summed E-state index contributed by atoms with van der Waals surface area (Å²) in [6.45, 7) is 1.76. The molecule has 0 saturated heterocycles. The van der Waals surface area contributed by atoms with Crippen molar-refractivity contribution in [2.75, 3.05) is 34.6 Å². The number of aryl methyl sites for hydroxylation is 1. The molecule has 0 radical (unpaired) electrons. The Morgan fingerprint density at radius 1 is 0.966 bits per heavy atom. The molecule has 0 amide bonds. The van der Waals surface area contributed by atoms with E-state index in [1.807, 2.05) is 30.3 Å². The van der Waals surface area contributed by atoms with Crippen LogP contribution in [0.25, 0.3) is 0 Å². The molecule has 0 fully saturated rings. The van der Waals surface area contributed by atoms with E-state index in [9.17, 15) is 0 Å². The van der Waals surface area contributed by atoms with Gasteiger partial charge in [-0.25, -0.2) is 0 Å². The Kier molecular flexibility index (Phi) is 9.17. The van der Waals surface area contributed by atoms with Gasteiger partial charge < -0.3 is 29.6 Å². The third-order valence-corrected chi connectivity index (χ3v) is 4.50. The van der Waals surface area contributed by atoms with Crippen LogP contribution < -0.4 is 29.6 Å². The Morgan fingerprint density at radius 3 is 2.48 bits per heavy atom. The molecule has 7 nitrogen and oxygen atoms in total. The van der Waals surface area contributed by atoms with Crippen LogP contribution >= 0.6 is 24.0 Å². The molecule has 1 aliphatic rings. The van der Waals surface area contributed by atoms with Crippen LogP contribution in [0.2, 0.25) is 0 Å². The number of methoxy groups -OCH3 is 2. The van der Waals surface area contributed by atoms with Crippen molar-refractivity contribution < 1.29 is 18.9 Å². The summed E-state index contributed by atoms with van der Waals surface area (Å²) in [5.41, 5.74) is 2.32. The van der Waals surface area contributed by atoms with Gasteiger partial charge in [0, 0.05) is 20.1 Å². The van der Waals surface area contributed by atoms with Crippen molar-refractivity contribution >= 4 is 29.9 Å². The minimum Gasteiger partial charge on any atom is -0.493 e. The normalized spacial score (nSPS) is 12.2. The summed E-state index contributed by atoms with van der Waals surface area (Å²) in [4.78, 5) is 4.27. The van der Waals surface area contributed by atoms with Gasteiger partial charge in [0.15, 0.2) is 29.0 Å². The largest absolute Gasteiger partial charge is 0.493 e. The van der Waals surface area contributed by atoms with Gasteiger partial charge in [0.05, 0.1) is 14.2 Å². The minimum absolute atomic E-state index is 0. The molecule has 0 spiro atoms. The van der Waals surface area contributed by atoms with Crippen LogP contribution in [0.15, 0.2) is 41.4 Å². The average Bonchev–Trinajstić information content (AvgIpc) is 3.21.